The lowest BCUT2D eigenvalue weighted by Gasteiger charge is -2.09. The van der Waals surface area contributed by atoms with Gasteiger partial charge in [0.15, 0.2) is 5.78 Å². The lowest BCUT2D eigenvalue weighted by atomic mass is 9.99. The zero-order valence-corrected chi connectivity index (χ0v) is 11.2. The van der Waals surface area contributed by atoms with E-state index in [0.717, 1.165) is 12.0 Å². The lowest BCUT2D eigenvalue weighted by molar-refractivity contribution is -0.137. The SMILES string of the molecule is CCc1ccc(C(=O)c2cc(C(F)(F)F)ccc2F)cc1. The predicted octanol–water partition coefficient (Wildman–Crippen LogP) is 4.64. The van der Waals surface area contributed by atoms with Crippen LogP contribution in [0.25, 0.3) is 0 Å². The molecule has 2 aromatic rings. The number of carbonyl (C=O) groups is 1. The molecule has 0 N–H and O–H groups in total. The molecular weight excluding hydrogens is 284 g/mol. The highest BCUT2D eigenvalue weighted by Gasteiger charge is 2.32. The van der Waals surface area contributed by atoms with Crippen molar-refractivity contribution < 1.29 is 22.4 Å². The van der Waals surface area contributed by atoms with Crippen LogP contribution in [0.4, 0.5) is 17.6 Å². The summed E-state index contributed by atoms with van der Waals surface area (Å²) in [5, 5.41) is 0. The zero-order valence-electron chi connectivity index (χ0n) is 11.2. The van der Waals surface area contributed by atoms with Crippen LogP contribution in [-0.2, 0) is 12.6 Å². The Kier molecular flexibility index (Phi) is 4.11. The summed E-state index contributed by atoms with van der Waals surface area (Å²) in [5.74, 6) is -1.73. The smallest absolute Gasteiger partial charge is 0.288 e. The third-order valence-electron chi connectivity index (χ3n) is 3.16. The minimum Gasteiger partial charge on any atom is -0.288 e. The van der Waals surface area contributed by atoms with Crippen molar-refractivity contribution in [3.05, 3.63) is 70.5 Å². The second kappa shape index (κ2) is 5.68. The van der Waals surface area contributed by atoms with E-state index >= 15 is 0 Å². The second-order valence-corrected chi connectivity index (χ2v) is 4.57. The Morgan fingerprint density at radius 3 is 2.19 bits per heavy atom. The van der Waals surface area contributed by atoms with Gasteiger partial charge in [-0.25, -0.2) is 4.39 Å². The predicted molar refractivity (Wildman–Crippen MR) is 70.7 cm³/mol. The van der Waals surface area contributed by atoms with E-state index in [1.807, 2.05) is 6.92 Å². The van der Waals surface area contributed by atoms with E-state index < -0.39 is 28.9 Å². The molecule has 1 nitrogen and oxygen atoms in total. The number of alkyl halides is 3. The summed E-state index contributed by atoms with van der Waals surface area (Å²) in [4.78, 5) is 12.1. The van der Waals surface area contributed by atoms with Gasteiger partial charge in [0.25, 0.3) is 0 Å². The highest BCUT2D eigenvalue weighted by Crippen LogP contribution is 2.30. The molecule has 0 aromatic heterocycles. The number of hydrogen-bond donors (Lipinski definition) is 0. The number of ketones is 1. The number of halogens is 4. The van der Waals surface area contributed by atoms with E-state index in [1.54, 1.807) is 12.1 Å². The van der Waals surface area contributed by atoms with Gasteiger partial charge in [-0.15, -0.1) is 0 Å². The molecule has 0 aliphatic carbocycles. The van der Waals surface area contributed by atoms with Crippen LogP contribution < -0.4 is 0 Å². The van der Waals surface area contributed by atoms with Gasteiger partial charge in [0, 0.05) is 5.56 Å². The maximum atomic E-state index is 13.7. The summed E-state index contributed by atoms with van der Waals surface area (Å²) in [6, 6.07) is 8.19. The fourth-order valence-corrected chi connectivity index (χ4v) is 1.92. The molecule has 110 valence electrons. The average Bonchev–Trinajstić information content (AvgIpc) is 2.46. The van der Waals surface area contributed by atoms with E-state index in [9.17, 15) is 22.4 Å². The minimum absolute atomic E-state index is 0.158. The van der Waals surface area contributed by atoms with Crippen molar-refractivity contribution in [1.82, 2.24) is 0 Å². The van der Waals surface area contributed by atoms with Crippen LogP contribution in [0.15, 0.2) is 42.5 Å². The van der Waals surface area contributed by atoms with Gasteiger partial charge in [-0.3, -0.25) is 4.79 Å². The molecule has 0 aliphatic heterocycles. The molecule has 5 heteroatoms. The largest absolute Gasteiger partial charge is 0.416 e. The summed E-state index contributed by atoms with van der Waals surface area (Å²) in [7, 11) is 0. The van der Waals surface area contributed by atoms with Crippen molar-refractivity contribution in [3.8, 4) is 0 Å². The highest BCUT2D eigenvalue weighted by molar-refractivity contribution is 6.09. The lowest BCUT2D eigenvalue weighted by Crippen LogP contribution is -2.10. The van der Waals surface area contributed by atoms with Crippen molar-refractivity contribution in [2.75, 3.05) is 0 Å². The van der Waals surface area contributed by atoms with E-state index in [1.165, 1.54) is 12.1 Å². The van der Waals surface area contributed by atoms with Crippen LogP contribution in [0, 0.1) is 5.82 Å². The third-order valence-corrected chi connectivity index (χ3v) is 3.16. The number of aryl methyl sites for hydroxylation is 1. The average molecular weight is 296 g/mol. The molecule has 0 atom stereocenters. The molecule has 0 unspecified atom stereocenters. The molecule has 0 radical (unpaired) electrons. The standard InChI is InChI=1S/C16H12F4O/c1-2-10-3-5-11(6-4-10)15(21)13-9-12(16(18,19)20)7-8-14(13)17/h3-9H,2H2,1H3. The first-order valence-corrected chi connectivity index (χ1v) is 6.33. The van der Waals surface area contributed by atoms with Crippen molar-refractivity contribution >= 4 is 5.78 Å². The first-order valence-electron chi connectivity index (χ1n) is 6.33. The Labute approximate surface area is 119 Å². The van der Waals surface area contributed by atoms with E-state index in [-0.39, 0.29) is 5.56 Å². The second-order valence-electron chi connectivity index (χ2n) is 4.57. The van der Waals surface area contributed by atoms with Gasteiger partial charge in [0.2, 0.25) is 0 Å². The first kappa shape index (κ1) is 15.2. The molecule has 0 saturated carbocycles. The Balaban J connectivity index is 2.42. The minimum atomic E-state index is -4.62. The third kappa shape index (κ3) is 3.29. The van der Waals surface area contributed by atoms with E-state index in [4.69, 9.17) is 0 Å². The molecule has 21 heavy (non-hydrogen) atoms. The zero-order chi connectivity index (χ0) is 15.6. The van der Waals surface area contributed by atoms with Gasteiger partial charge in [-0.1, -0.05) is 31.2 Å². The van der Waals surface area contributed by atoms with Crippen LogP contribution in [0.2, 0.25) is 0 Å². The Morgan fingerprint density at radius 2 is 1.67 bits per heavy atom. The highest BCUT2D eigenvalue weighted by atomic mass is 19.4. The number of benzene rings is 2. The maximum Gasteiger partial charge on any atom is 0.416 e. The fraction of sp³-hybridized carbons (Fsp3) is 0.188. The molecule has 0 fully saturated rings. The molecule has 0 amide bonds. The van der Waals surface area contributed by atoms with E-state index in [0.29, 0.717) is 18.2 Å². The molecular formula is C16H12F4O. The van der Waals surface area contributed by atoms with Crippen LogP contribution in [-0.4, -0.2) is 5.78 Å². The first-order chi connectivity index (χ1) is 9.82. The Bertz CT molecular complexity index is 657. The van der Waals surface area contributed by atoms with Gasteiger partial charge >= 0.3 is 6.18 Å². The summed E-state index contributed by atoms with van der Waals surface area (Å²) in [6.07, 6.45) is -3.85. The monoisotopic (exact) mass is 296 g/mol. The number of rotatable bonds is 3. The van der Waals surface area contributed by atoms with Crippen LogP contribution >= 0.6 is 0 Å². The quantitative estimate of drug-likeness (QED) is 0.596. The van der Waals surface area contributed by atoms with Crippen LogP contribution in [0.1, 0.15) is 34.0 Å². The summed E-state index contributed by atoms with van der Waals surface area (Å²) < 4.78 is 51.5. The van der Waals surface area contributed by atoms with Crippen molar-refractivity contribution in [2.45, 2.75) is 19.5 Å². The van der Waals surface area contributed by atoms with Crippen LogP contribution in [0.3, 0.4) is 0 Å². The number of hydrogen-bond acceptors (Lipinski definition) is 1. The molecule has 2 aromatic carbocycles. The van der Waals surface area contributed by atoms with Gasteiger partial charge in [0.05, 0.1) is 11.1 Å². The molecule has 0 heterocycles. The maximum absolute atomic E-state index is 13.7. The Hall–Kier alpha value is -2.17. The van der Waals surface area contributed by atoms with Gasteiger partial charge in [-0.05, 0) is 30.2 Å². The summed E-state index contributed by atoms with van der Waals surface area (Å²) >= 11 is 0. The summed E-state index contributed by atoms with van der Waals surface area (Å²) in [5.41, 5.74) is -0.479. The van der Waals surface area contributed by atoms with Gasteiger partial charge < -0.3 is 0 Å². The molecule has 0 aliphatic rings. The van der Waals surface area contributed by atoms with Gasteiger partial charge in [-0.2, -0.15) is 13.2 Å². The van der Waals surface area contributed by atoms with E-state index in [2.05, 4.69) is 0 Å². The molecule has 2 rings (SSSR count). The topological polar surface area (TPSA) is 17.1 Å². The normalized spacial score (nSPS) is 11.5. The van der Waals surface area contributed by atoms with Gasteiger partial charge in [0.1, 0.15) is 5.82 Å². The molecule has 0 saturated heterocycles. The summed E-state index contributed by atoms with van der Waals surface area (Å²) in [6.45, 7) is 1.93. The fourth-order valence-electron chi connectivity index (χ4n) is 1.92. The van der Waals surface area contributed by atoms with Crippen molar-refractivity contribution in [3.63, 3.8) is 0 Å². The number of carbonyl (C=O) groups excluding carboxylic acids is 1. The van der Waals surface area contributed by atoms with Crippen molar-refractivity contribution in [2.24, 2.45) is 0 Å². The van der Waals surface area contributed by atoms with Crippen molar-refractivity contribution in [1.29, 1.82) is 0 Å². The Morgan fingerprint density at radius 1 is 1.05 bits per heavy atom. The molecule has 0 spiro atoms. The van der Waals surface area contributed by atoms with Crippen LogP contribution in [0.5, 0.6) is 0 Å². The molecule has 0 bridgehead atoms.